The van der Waals surface area contributed by atoms with Gasteiger partial charge in [0.15, 0.2) is 0 Å². The fourth-order valence-electron chi connectivity index (χ4n) is 1.67. The minimum absolute atomic E-state index is 0.192. The van der Waals surface area contributed by atoms with Crippen molar-refractivity contribution >= 4 is 5.69 Å². The van der Waals surface area contributed by atoms with Gasteiger partial charge >= 0.3 is 0 Å². The quantitative estimate of drug-likeness (QED) is 0.757. The predicted molar refractivity (Wildman–Crippen MR) is 68.5 cm³/mol. The largest absolute Gasteiger partial charge is 0.370 e. The molecule has 0 aromatic heterocycles. The molecule has 0 spiro atoms. The fraction of sp³-hybridized carbons (Fsp3) is 0.500. The van der Waals surface area contributed by atoms with E-state index in [1.54, 1.807) is 0 Å². The molecule has 0 saturated carbocycles. The van der Waals surface area contributed by atoms with Crippen molar-refractivity contribution in [1.82, 2.24) is 0 Å². The van der Waals surface area contributed by atoms with Crippen molar-refractivity contribution < 1.29 is 0 Å². The molecule has 1 atom stereocenters. The highest BCUT2D eigenvalue weighted by Gasteiger charge is 2.25. The van der Waals surface area contributed by atoms with Crippen molar-refractivity contribution in [2.24, 2.45) is 5.41 Å². The van der Waals surface area contributed by atoms with Gasteiger partial charge in [0.2, 0.25) is 0 Å². The van der Waals surface area contributed by atoms with Gasteiger partial charge in [0.05, 0.1) is 11.3 Å². The SMILES string of the molecule is CC(N(C)c1ccccc1C#N)C(C)(C)C. The van der Waals surface area contributed by atoms with Gasteiger partial charge in [0.25, 0.3) is 0 Å². The third-order valence-corrected chi connectivity index (χ3v) is 3.24. The molecule has 0 aliphatic rings. The number of para-hydroxylation sites is 1. The number of nitriles is 1. The van der Waals surface area contributed by atoms with Crippen LogP contribution in [0.4, 0.5) is 5.69 Å². The summed E-state index contributed by atoms with van der Waals surface area (Å²) in [5, 5.41) is 9.08. The maximum Gasteiger partial charge on any atom is 0.101 e. The average molecular weight is 216 g/mol. The normalized spacial score (nSPS) is 13.0. The van der Waals surface area contributed by atoms with E-state index >= 15 is 0 Å². The zero-order valence-electron chi connectivity index (χ0n) is 10.8. The first-order chi connectivity index (χ1) is 7.38. The summed E-state index contributed by atoms with van der Waals surface area (Å²) in [4.78, 5) is 2.18. The third-order valence-electron chi connectivity index (χ3n) is 3.24. The minimum Gasteiger partial charge on any atom is -0.370 e. The number of rotatable bonds is 2. The van der Waals surface area contributed by atoms with Gasteiger partial charge < -0.3 is 4.90 Å². The molecule has 0 saturated heterocycles. The van der Waals surface area contributed by atoms with Gasteiger partial charge in [-0.25, -0.2) is 0 Å². The first kappa shape index (κ1) is 12.6. The second-order valence-corrected chi connectivity index (χ2v) is 5.28. The van der Waals surface area contributed by atoms with Crippen molar-refractivity contribution in [3.8, 4) is 6.07 Å². The summed E-state index contributed by atoms with van der Waals surface area (Å²) >= 11 is 0. The van der Waals surface area contributed by atoms with E-state index in [1.807, 2.05) is 31.3 Å². The zero-order valence-corrected chi connectivity index (χ0v) is 10.8. The van der Waals surface area contributed by atoms with Crippen LogP contribution in [0.3, 0.4) is 0 Å². The van der Waals surface area contributed by atoms with Crippen molar-refractivity contribution in [1.29, 1.82) is 5.26 Å². The Hall–Kier alpha value is -1.49. The summed E-state index contributed by atoms with van der Waals surface area (Å²) in [7, 11) is 2.05. The Kier molecular flexibility index (Phi) is 3.59. The van der Waals surface area contributed by atoms with Crippen LogP contribution in [0, 0.1) is 16.7 Å². The summed E-state index contributed by atoms with van der Waals surface area (Å²) < 4.78 is 0. The summed E-state index contributed by atoms with van der Waals surface area (Å²) in [5.74, 6) is 0. The highest BCUT2D eigenvalue weighted by molar-refractivity contribution is 5.59. The predicted octanol–water partition coefficient (Wildman–Crippen LogP) is 3.43. The Morgan fingerprint density at radius 1 is 1.25 bits per heavy atom. The Morgan fingerprint density at radius 2 is 1.81 bits per heavy atom. The second kappa shape index (κ2) is 4.57. The molecule has 0 aliphatic heterocycles. The number of hydrogen-bond acceptors (Lipinski definition) is 2. The Bertz CT molecular complexity index is 396. The highest BCUT2D eigenvalue weighted by Crippen LogP contribution is 2.28. The molecule has 86 valence electrons. The van der Waals surface area contributed by atoms with Gasteiger partial charge in [-0.15, -0.1) is 0 Å². The molecule has 0 fully saturated rings. The van der Waals surface area contributed by atoms with E-state index in [2.05, 4.69) is 38.7 Å². The molecule has 2 heteroatoms. The minimum atomic E-state index is 0.192. The molecular formula is C14H20N2. The topological polar surface area (TPSA) is 27.0 Å². The molecule has 2 nitrogen and oxygen atoms in total. The molecule has 0 N–H and O–H groups in total. The number of benzene rings is 1. The third kappa shape index (κ3) is 2.55. The molecule has 16 heavy (non-hydrogen) atoms. The summed E-state index contributed by atoms with van der Waals surface area (Å²) in [6.07, 6.45) is 0. The zero-order chi connectivity index (χ0) is 12.3. The van der Waals surface area contributed by atoms with Gasteiger partial charge in [-0.2, -0.15) is 5.26 Å². The molecule has 0 heterocycles. The number of hydrogen-bond donors (Lipinski definition) is 0. The lowest BCUT2D eigenvalue weighted by Crippen LogP contribution is -2.39. The number of nitrogens with zero attached hydrogens (tertiary/aromatic N) is 2. The smallest absolute Gasteiger partial charge is 0.101 e. The molecule has 1 rings (SSSR count). The molecule has 1 aromatic rings. The summed E-state index contributed by atoms with van der Waals surface area (Å²) in [6, 6.07) is 10.4. The highest BCUT2D eigenvalue weighted by atomic mass is 15.1. The van der Waals surface area contributed by atoms with Crippen molar-refractivity contribution in [2.45, 2.75) is 33.7 Å². The van der Waals surface area contributed by atoms with E-state index in [1.165, 1.54) is 0 Å². The van der Waals surface area contributed by atoms with Gasteiger partial charge in [-0.05, 0) is 24.5 Å². The Labute approximate surface area is 98.5 Å². The Balaban J connectivity index is 3.06. The van der Waals surface area contributed by atoms with E-state index in [-0.39, 0.29) is 5.41 Å². The average Bonchev–Trinajstić information content (AvgIpc) is 2.25. The molecule has 0 aliphatic carbocycles. The first-order valence-corrected chi connectivity index (χ1v) is 5.60. The second-order valence-electron chi connectivity index (χ2n) is 5.28. The van der Waals surface area contributed by atoms with E-state index < -0.39 is 0 Å². The van der Waals surface area contributed by atoms with Crippen molar-refractivity contribution in [2.75, 3.05) is 11.9 Å². The molecule has 0 amide bonds. The molecule has 1 unspecified atom stereocenters. The van der Waals surface area contributed by atoms with E-state index in [0.29, 0.717) is 6.04 Å². The van der Waals surface area contributed by atoms with Gasteiger partial charge in [0, 0.05) is 13.1 Å². The van der Waals surface area contributed by atoms with Gasteiger partial charge in [-0.3, -0.25) is 0 Å². The maximum atomic E-state index is 9.08. The maximum absolute atomic E-state index is 9.08. The summed E-state index contributed by atoms with van der Waals surface area (Å²) in [6.45, 7) is 8.82. The van der Waals surface area contributed by atoms with E-state index in [4.69, 9.17) is 5.26 Å². The molecule has 0 radical (unpaired) electrons. The van der Waals surface area contributed by atoms with Crippen LogP contribution in [0.5, 0.6) is 0 Å². The first-order valence-electron chi connectivity index (χ1n) is 5.60. The van der Waals surface area contributed by atoms with Crippen LogP contribution >= 0.6 is 0 Å². The van der Waals surface area contributed by atoms with E-state index in [0.717, 1.165) is 11.3 Å². The van der Waals surface area contributed by atoms with Gasteiger partial charge in [0.1, 0.15) is 6.07 Å². The van der Waals surface area contributed by atoms with Crippen LogP contribution in [-0.2, 0) is 0 Å². The monoisotopic (exact) mass is 216 g/mol. The summed E-state index contributed by atoms with van der Waals surface area (Å²) in [5.41, 5.74) is 1.94. The van der Waals surface area contributed by atoms with Crippen molar-refractivity contribution in [3.05, 3.63) is 29.8 Å². The number of anilines is 1. The van der Waals surface area contributed by atoms with E-state index in [9.17, 15) is 0 Å². The lowest BCUT2D eigenvalue weighted by molar-refractivity contribution is 0.329. The van der Waals surface area contributed by atoms with Crippen LogP contribution in [0.25, 0.3) is 0 Å². The molecule has 1 aromatic carbocycles. The lowest BCUT2D eigenvalue weighted by atomic mass is 9.86. The van der Waals surface area contributed by atoms with Crippen LogP contribution in [0.1, 0.15) is 33.3 Å². The Morgan fingerprint density at radius 3 is 2.31 bits per heavy atom. The van der Waals surface area contributed by atoms with Crippen LogP contribution < -0.4 is 4.90 Å². The van der Waals surface area contributed by atoms with Crippen LogP contribution in [-0.4, -0.2) is 13.1 Å². The van der Waals surface area contributed by atoms with Crippen LogP contribution in [0.2, 0.25) is 0 Å². The standard InChI is InChI=1S/C14H20N2/c1-11(14(2,3)4)16(5)13-9-7-6-8-12(13)10-15/h6-9,11H,1-5H3. The fourth-order valence-corrected chi connectivity index (χ4v) is 1.67. The van der Waals surface area contributed by atoms with Gasteiger partial charge in [-0.1, -0.05) is 32.9 Å². The molecule has 0 bridgehead atoms. The van der Waals surface area contributed by atoms with Crippen molar-refractivity contribution in [3.63, 3.8) is 0 Å². The lowest BCUT2D eigenvalue weighted by Gasteiger charge is -2.37. The van der Waals surface area contributed by atoms with Crippen LogP contribution in [0.15, 0.2) is 24.3 Å². The molecular weight excluding hydrogens is 196 g/mol.